The first-order valence-electron chi connectivity index (χ1n) is 8.56. The van der Waals surface area contributed by atoms with Crippen molar-refractivity contribution in [2.24, 2.45) is 22.3 Å². The maximum Gasteiger partial charge on any atom is 0.00769 e. The second-order valence-corrected chi connectivity index (χ2v) is 7.61. The molecule has 0 atom stereocenters. The van der Waals surface area contributed by atoms with Crippen LogP contribution in [0.4, 0.5) is 0 Å². The Balaban J connectivity index is 3.59. The van der Waals surface area contributed by atoms with Crippen molar-refractivity contribution in [3.05, 3.63) is 0 Å². The van der Waals surface area contributed by atoms with Crippen LogP contribution in [0.25, 0.3) is 0 Å². The second kappa shape index (κ2) is 12.2. The molecule has 0 aliphatic heterocycles. The average Bonchev–Trinajstić information content (AvgIpc) is 2.43. The molecule has 0 rings (SSSR count). The van der Waals surface area contributed by atoms with Crippen LogP contribution in [-0.4, -0.2) is 65.4 Å². The molecule has 0 aromatic carbocycles. The minimum Gasteiger partial charge on any atom is -0.329 e. The highest BCUT2D eigenvalue weighted by Crippen LogP contribution is 2.12. The predicted octanol–water partition coefficient (Wildman–Crippen LogP) is -0.685. The van der Waals surface area contributed by atoms with E-state index in [2.05, 4.69) is 49.0 Å². The maximum atomic E-state index is 5.49. The largest absolute Gasteiger partial charge is 0.329 e. The fourth-order valence-corrected chi connectivity index (χ4v) is 2.21. The number of nitrogens with one attached hydrogen (secondary N) is 4. The number of rotatable bonds is 15. The molecule has 0 aliphatic rings. The molecular formula is C16H40N6. The molecule has 0 amide bonds. The van der Waals surface area contributed by atoms with E-state index in [1.54, 1.807) is 0 Å². The van der Waals surface area contributed by atoms with Crippen molar-refractivity contribution in [1.29, 1.82) is 0 Å². The van der Waals surface area contributed by atoms with Gasteiger partial charge in [-0.3, -0.25) is 0 Å². The molecule has 0 aliphatic carbocycles. The molecule has 0 spiro atoms. The third-order valence-corrected chi connectivity index (χ3v) is 3.53. The Kier molecular flexibility index (Phi) is 12.1. The van der Waals surface area contributed by atoms with Crippen molar-refractivity contribution in [3.8, 4) is 0 Å². The minimum atomic E-state index is 0.251. The molecular weight excluding hydrogens is 276 g/mol. The highest BCUT2D eigenvalue weighted by atomic mass is 15.0. The molecule has 8 N–H and O–H groups in total. The quantitative estimate of drug-likeness (QED) is 0.224. The van der Waals surface area contributed by atoms with Crippen LogP contribution in [0.5, 0.6) is 0 Å². The zero-order valence-electron chi connectivity index (χ0n) is 15.2. The minimum absolute atomic E-state index is 0.251. The molecule has 22 heavy (non-hydrogen) atoms. The Morgan fingerprint density at radius 2 is 0.818 bits per heavy atom. The fraction of sp³-hybridized carbons (Fsp3) is 1.00. The standard InChI is InChI=1S/C16H40N6/c1-15(2,11-19-7-5-17)13-21-9-10-22-14-16(3,4)12-20-8-6-18/h19-22H,5-14,17-18H2,1-4H3. The SMILES string of the molecule is CC(C)(CNCCN)CNCCNCC(C)(C)CNCCN. The zero-order valence-corrected chi connectivity index (χ0v) is 15.2. The summed E-state index contributed by atoms with van der Waals surface area (Å²) >= 11 is 0. The Hall–Kier alpha value is -0.240. The summed E-state index contributed by atoms with van der Waals surface area (Å²) in [5.41, 5.74) is 11.5. The van der Waals surface area contributed by atoms with Crippen LogP contribution in [0.2, 0.25) is 0 Å². The van der Waals surface area contributed by atoms with Crippen molar-refractivity contribution < 1.29 is 0 Å². The molecule has 0 bridgehead atoms. The van der Waals surface area contributed by atoms with Crippen LogP contribution in [0.3, 0.4) is 0 Å². The van der Waals surface area contributed by atoms with Crippen LogP contribution >= 0.6 is 0 Å². The van der Waals surface area contributed by atoms with Gasteiger partial charge in [-0.15, -0.1) is 0 Å². The van der Waals surface area contributed by atoms with Crippen LogP contribution in [-0.2, 0) is 0 Å². The van der Waals surface area contributed by atoms with E-state index >= 15 is 0 Å². The molecule has 0 aromatic rings. The molecule has 0 aromatic heterocycles. The average molecular weight is 317 g/mol. The molecule has 0 heterocycles. The molecule has 0 radical (unpaired) electrons. The lowest BCUT2D eigenvalue weighted by Crippen LogP contribution is -2.43. The Morgan fingerprint density at radius 3 is 1.09 bits per heavy atom. The van der Waals surface area contributed by atoms with Crippen LogP contribution in [0.15, 0.2) is 0 Å². The van der Waals surface area contributed by atoms with Gasteiger partial charge in [0.1, 0.15) is 0 Å². The zero-order chi connectivity index (χ0) is 16.9. The van der Waals surface area contributed by atoms with Gasteiger partial charge in [-0.25, -0.2) is 0 Å². The third-order valence-electron chi connectivity index (χ3n) is 3.53. The van der Waals surface area contributed by atoms with Gasteiger partial charge in [0.05, 0.1) is 0 Å². The Labute approximate surface area is 137 Å². The summed E-state index contributed by atoms with van der Waals surface area (Å²) < 4.78 is 0. The monoisotopic (exact) mass is 316 g/mol. The molecule has 0 fully saturated rings. The lowest BCUT2D eigenvalue weighted by atomic mass is 9.93. The molecule has 0 saturated carbocycles. The normalized spacial score (nSPS) is 12.8. The van der Waals surface area contributed by atoms with E-state index in [9.17, 15) is 0 Å². The van der Waals surface area contributed by atoms with Gasteiger partial charge < -0.3 is 32.7 Å². The van der Waals surface area contributed by atoms with E-state index in [-0.39, 0.29) is 10.8 Å². The Morgan fingerprint density at radius 1 is 0.545 bits per heavy atom. The summed E-state index contributed by atoms with van der Waals surface area (Å²) in [6.45, 7) is 18.2. The van der Waals surface area contributed by atoms with Crippen molar-refractivity contribution in [2.45, 2.75) is 27.7 Å². The summed E-state index contributed by atoms with van der Waals surface area (Å²) in [7, 11) is 0. The highest BCUT2D eigenvalue weighted by Gasteiger charge is 2.17. The lowest BCUT2D eigenvalue weighted by Gasteiger charge is -2.27. The van der Waals surface area contributed by atoms with Gasteiger partial charge in [0, 0.05) is 65.4 Å². The molecule has 0 saturated heterocycles. The number of hydrogen-bond donors (Lipinski definition) is 6. The first kappa shape index (κ1) is 21.8. The van der Waals surface area contributed by atoms with Crippen molar-refractivity contribution in [3.63, 3.8) is 0 Å². The Bertz CT molecular complexity index is 229. The number of hydrogen-bond acceptors (Lipinski definition) is 6. The van der Waals surface area contributed by atoms with E-state index in [0.29, 0.717) is 13.1 Å². The van der Waals surface area contributed by atoms with E-state index < -0.39 is 0 Å². The smallest absolute Gasteiger partial charge is 0.00769 e. The van der Waals surface area contributed by atoms with Crippen molar-refractivity contribution >= 4 is 0 Å². The van der Waals surface area contributed by atoms with Gasteiger partial charge in [0.2, 0.25) is 0 Å². The van der Waals surface area contributed by atoms with Gasteiger partial charge in [0.25, 0.3) is 0 Å². The third kappa shape index (κ3) is 13.4. The van der Waals surface area contributed by atoms with E-state index in [4.69, 9.17) is 11.5 Å². The van der Waals surface area contributed by atoms with Crippen molar-refractivity contribution in [1.82, 2.24) is 21.3 Å². The first-order chi connectivity index (χ1) is 10.3. The second-order valence-electron chi connectivity index (χ2n) is 7.61. The highest BCUT2D eigenvalue weighted by molar-refractivity contribution is 4.76. The van der Waals surface area contributed by atoms with Gasteiger partial charge in [-0.05, 0) is 10.8 Å². The predicted molar refractivity (Wildman–Crippen MR) is 97.1 cm³/mol. The first-order valence-corrected chi connectivity index (χ1v) is 8.56. The summed E-state index contributed by atoms with van der Waals surface area (Å²) in [4.78, 5) is 0. The maximum absolute atomic E-state index is 5.49. The summed E-state index contributed by atoms with van der Waals surface area (Å²) in [5, 5.41) is 13.8. The van der Waals surface area contributed by atoms with Gasteiger partial charge in [0.15, 0.2) is 0 Å². The van der Waals surface area contributed by atoms with Crippen LogP contribution in [0, 0.1) is 10.8 Å². The molecule has 134 valence electrons. The van der Waals surface area contributed by atoms with Gasteiger partial charge in [-0.1, -0.05) is 27.7 Å². The van der Waals surface area contributed by atoms with E-state index in [0.717, 1.165) is 52.4 Å². The molecule has 6 heteroatoms. The summed E-state index contributed by atoms with van der Waals surface area (Å²) in [6, 6.07) is 0. The lowest BCUT2D eigenvalue weighted by molar-refractivity contribution is 0.309. The van der Waals surface area contributed by atoms with E-state index in [1.165, 1.54) is 0 Å². The summed E-state index contributed by atoms with van der Waals surface area (Å²) in [6.07, 6.45) is 0. The van der Waals surface area contributed by atoms with Crippen LogP contribution in [0.1, 0.15) is 27.7 Å². The fourth-order valence-electron chi connectivity index (χ4n) is 2.21. The number of nitrogens with two attached hydrogens (primary N) is 2. The topological polar surface area (TPSA) is 100 Å². The van der Waals surface area contributed by atoms with Crippen molar-refractivity contribution in [2.75, 3.05) is 65.4 Å². The van der Waals surface area contributed by atoms with Gasteiger partial charge >= 0.3 is 0 Å². The molecule has 6 nitrogen and oxygen atoms in total. The molecule has 0 unspecified atom stereocenters. The van der Waals surface area contributed by atoms with Crippen LogP contribution < -0.4 is 32.7 Å². The summed E-state index contributed by atoms with van der Waals surface area (Å²) in [5.74, 6) is 0. The van der Waals surface area contributed by atoms with Gasteiger partial charge in [-0.2, -0.15) is 0 Å². The van der Waals surface area contributed by atoms with E-state index in [1.807, 2.05) is 0 Å².